The van der Waals surface area contributed by atoms with Gasteiger partial charge < -0.3 is 0 Å². The second-order valence-electron chi connectivity index (χ2n) is 14.4. The first-order valence-electron chi connectivity index (χ1n) is 12.8. The minimum atomic E-state index is 0.0931. The molecule has 0 aliphatic heterocycles. The van der Waals surface area contributed by atoms with Gasteiger partial charge in [-0.05, 0) is 67.6 Å². The molecule has 0 spiro atoms. The highest BCUT2D eigenvalue weighted by atomic mass is 14.1. The van der Waals surface area contributed by atoms with E-state index in [2.05, 4.69) is 139 Å². The van der Waals surface area contributed by atoms with Gasteiger partial charge in [0.25, 0.3) is 0 Å². The van der Waals surface area contributed by atoms with E-state index >= 15 is 0 Å². The molecule has 0 aromatic heterocycles. The number of hydrogen-bond acceptors (Lipinski definition) is 0. The van der Waals surface area contributed by atoms with E-state index in [-0.39, 0.29) is 5.41 Å². The van der Waals surface area contributed by atoms with Crippen LogP contribution in [-0.4, -0.2) is 0 Å². The van der Waals surface area contributed by atoms with E-state index in [4.69, 9.17) is 0 Å². The SMILES string of the molecule is CC(C)(C)C.CC(C)(C)C.CC(C)(C)C#Cc1ccccc1.CC(C)(C)CCc1ccccc1. The van der Waals surface area contributed by atoms with E-state index < -0.39 is 0 Å². The first-order chi connectivity index (χ1) is 15.2. The van der Waals surface area contributed by atoms with Gasteiger partial charge in [-0.1, -0.05) is 137 Å². The van der Waals surface area contributed by atoms with Crippen LogP contribution in [0.4, 0.5) is 0 Å². The van der Waals surface area contributed by atoms with Crippen LogP contribution in [-0.2, 0) is 6.42 Å². The molecule has 2 aromatic carbocycles. The maximum atomic E-state index is 3.19. The Morgan fingerprint density at radius 1 is 0.529 bits per heavy atom. The van der Waals surface area contributed by atoms with Crippen LogP contribution in [0, 0.1) is 33.5 Å². The standard InChI is InChI=1S/C12H18.C12H14.2C5H12/c2*1-12(2,3)10-9-11-7-5-4-6-8-11;2*1-5(2,3)4/h4-8H,9-10H2,1-3H3;4-8H,1-3H3;2*1-4H3. The molecule has 192 valence electrons. The van der Waals surface area contributed by atoms with Crippen molar-refractivity contribution in [3.05, 3.63) is 71.8 Å². The summed E-state index contributed by atoms with van der Waals surface area (Å²) in [5.41, 5.74) is 4.09. The summed E-state index contributed by atoms with van der Waals surface area (Å²) < 4.78 is 0. The lowest BCUT2D eigenvalue weighted by molar-refractivity contribution is 0.378. The van der Waals surface area contributed by atoms with E-state index in [0.717, 1.165) is 5.56 Å². The molecule has 2 aromatic rings. The third kappa shape index (κ3) is 37.3. The first-order valence-corrected chi connectivity index (χ1v) is 12.8. The van der Waals surface area contributed by atoms with Gasteiger partial charge in [0.15, 0.2) is 0 Å². The Balaban J connectivity index is 0. The number of aryl methyl sites for hydroxylation is 1. The Morgan fingerprint density at radius 2 is 0.882 bits per heavy atom. The molecular weight excluding hydrogens is 408 g/mol. The third-order valence-electron chi connectivity index (χ3n) is 3.36. The molecule has 0 aliphatic carbocycles. The van der Waals surface area contributed by atoms with Crippen molar-refractivity contribution in [3.8, 4) is 11.8 Å². The van der Waals surface area contributed by atoms with Gasteiger partial charge in [-0.2, -0.15) is 0 Å². The van der Waals surface area contributed by atoms with Crippen LogP contribution in [0.1, 0.15) is 114 Å². The molecule has 0 unspecified atom stereocenters. The lowest BCUT2D eigenvalue weighted by Crippen LogP contribution is -2.06. The monoisotopic (exact) mass is 464 g/mol. The lowest BCUT2D eigenvalue weighted by Gasteiger charge is -2.17. The normalized spacial score (nSPS) is 11.2. The highest BCUT2D eigenvalue weighted by Gasteiger charge is 2.09. The predicted octanol–water partition coefficient (Wildman–Crippen LogP) is 10.9. The number of hydrogen-bond donors (Lipinski definition) is 0. The van der Waals surface area contributed by atoms with Crippen molar-refractivity contribution >= 4 is 0 Å². The summed E-state index contributed by atoms with van der Waals surface area (Å²) in [6, 6.07) is 20.8. The van der Waals surface area contributed by atoms with E-state index in [1.54, 1.807) is 0 Å². The second-order valence-corrected chi connectivity index (χ2v) is 14.4. The van der Waals surface area contributed by atoms with Gasteiger partial charge in [0, 0.05) is 11.0 Å². The molecule has 0 N–H and O–H groups in total. The van der Waals surface area contributed by atoms with Gasteiger partial charge in [0.1, 0.15) is 0 Å². The lowest BCUT2D eigenvalue weighted by atomic mass is 9.89. The average molecular weight is 465 g/mol. The van der Waals surface area contributed by atoms with Crippen molar-refractivity contribution in [2.24, 2.45) is 21.7 Å². The van der Waals surface area contributed by atoms with Gasteiger partial charge in [-0.25, -0.2) is 0 Å². The van der Waals surface area contributed by atoms with Crippen LogP contribution >= 0.6 is 0 Å². The summed E-state index contributed by atoms with van der Waals surface area (Å²) in [7, 11) is 0. The van der Waals surface area contributed by atoms with Crippen LogP contribution in [0.2, 0.25) is 0 Å². The fourth-order valence-electron chi connectivity index (χ4n) is 1.95. The van der Waals surface area contributed by atoms with Gasteiger partial charge in [0.05, 0.1) is 0 Å². The molecule has 0 aliphatic rings. The number of rotatable bonds is 2. The molecular formula is C34H56. The van der Waals surface area contributed by atoms with Crippen molar-refractivity contribution in [1.82, 2.24) is 0 Å². The summed E-state index contributed by atoms with van der Waals surface area (Å²) in [6.45, 7) is 30.7. The Bertz CT molecular complexity index is 763. The van der Waals surface area contributed by atoms with Crippen molar-refractivity contribution in [1.29, 1.82) is 0 Å². The third-order valence-corrected chi connectivity index (χ3v) is 3.36. The molecule has 0 heteroatoms. The maximum Gasteiger partial charge on any atom is 0.0245 e. The molecule has 0 fully saturated rings. The van der Waals surface area contributed by atoms with Gasteiger partial charge in [0.2, 0.25) is 0 Å². The summed E-state index contributed by atoms with van der Waals surface area (Å²) in [6.07, 6.45) is 2.46. The minimum absolute atomic E-state index is 0.0931. The molecule has 0 bridgehead atoms. The van der Waals surface area contributed by atoms with E-state index in [1.165, 1.54) is 18.4 Å². The molecule has 2 rings (SSSR count). The van der Waals surface area contributed by atoms with Crippen molar-refractivity contribution in [2.75, 3.05) is 0 Å². The molecule has 34 heavy (non-hydrogen) atoms. The highest BCUT2D eigenvalue weighted by molar-refractivity contribution is 5.34. The predicted molar refractivity (Wildman–Crippen MR) is 157 cm³/mol. The summed E-state index contributed by atoms with van der Waals surface area (Å²) in [4.78, 5) is 0. The zero-order valence-corrected chi connectivity index (χ0v) is 25.2. The smallest absolute Gasteiger partial charge is 0.0245 e. The van der Waals surface area contributed by atoms with Crippen LogP contribution in [0.15, 0.2) is 60.7 Å². The molecule has 0 radical (unpaired) electrons. The van der Waals surface area contributed by atoms with Gasteiger partial charge >= 0.3 is 0 Å². The fourth-order valence-corrected chi connectivity index (χ4v) is 1.95. The Hall–Kier alpha value is -2.00. The van der Waals surface area contributed by atoms with Gasteiger partial charge in [-0.15, -0.1) is 0 Å². The molecule has 0 heterocycles. The number of benzene rings is 2. The average Bonchev–Trinajstić information content (AvgIpc) is 2.63. The van der Waals surface area contributed by atoms with Crippen LogP contribution in [0.25, 0.3) is 0 Å². The minimum Gasteiger partial charge on any atom is -0.0920 e. The highest BCUT2D eigenvalue weighted by Crippen LogP contribution is 2.21. The quantitative estimate of drug-likeness (QED) is 0.388. The summed E-state index contributed by atoms with van der Waals surface area (Å²) >= 11 is 0. The zero-order valence-electron chi connectivity index (χ0n) is 25.2. The largest absolute Gasteiger partial charge is 0.0920 e. The molecule has 0 nitrogen and oxygen atoms in total. The van der Waals surface area contributed by atoms with E-state index in [0.29, 0.717) is 16.2 Å². The molecule has 0 saturated heterocycles. The van der Waals surface area contributed by atoms with E-state index in [9.17, 15) is 0 Å². The van der Waals surface area contributed by atoms with Crippen LogP contribution in [0.3, 0.4) is 0 Å². The van der Waals surface area contributed by atoms with Crippen molar-refractivity contribution < 1.29 is 0 Å². The second kappa shape index (κ2) is 15.8. The topological polar surface area (TPSA) is 0 Å². The molecule has 0 saturated carbocycles. The summed E-state index contributed by atoms with van der Waals surface area (Å²) in [5.74, 6) is 6.32. The van der Waals surface area contributed by atoms with Crippen molar-refractivity contribution in [2.45, 2.75) is 110 Å². The molecule has 0 atom stereocenters. The Labute approximate surface area is 215 Å². The zero-order chi connectivity index (χ0) is 27.1. The fraction of sp³-hybridized carbons (Fsp3) is 0.588. The first kappa shape index (κ1) is 34.2. The van der Waals surface area contributed by atoms with Crippen LogP contribution in [0.5, 0.6) is 0 Å². The van der Waals surface area contributed by atoms with Crippen molar-refractivity contribution in [3.63, 3.8) is 0 Å². The Kier molecular flexibility index (Phi) is 15.9. The maximum absolute atomic E-state index is 3.19. The Morgan fingerprint density at radius 3 is 1.21 bits per heavy atom. The van der Waals surface area contributed by atoms with Crippen LogP contribution < -0.4 is 0 Å². The molecule has 0 amide bonds. The van der Waals surface area contributed by atoms with Gasteiger partial charge in [-0.3, -0.25) is 0 Å². The van der Waals surface area contributed by atoms with E-state index in [1.807, 2.05) is 30.3 Å². The summed E-state index contributed by atoms with van der Waals surface area (Å²) in [5, 5.41) is 0.